The summed E-state index contributed by atoms with van der Waals surface area (Å²) in [5.74, 6) is 1.52. The van der Waals surface area contributed by atoms with E-state index in [2.05, 4.69) is 45.2 Å². The van der Waals surface area contributed by atoms with Gasteiger partial charge in [0, 0.05) is 12.7 Å². The van der Waals surface area contributed by atoms with Gasteiger partial charge >= 0.3 is 0 Å². The van der Waals surface area contributed by atoms with Crippen molar-refractivity contribution in [2.75, 3.05) is 6.67 Å². The van der Waals surface area contributed by atoms with Crippen LogP contribution in [0.1, 0.15) is 85.5 Å². The van der Waals surface area contributed by atoms with E-state index in [9.17, 15) is 0 Å². The second kappa shape index (κ2) is 14.6. The molecular formula is C19H40N2. The van der Waals surface area contributed by atoms with Crippen LogP contribution in [-0.4, -0.2) is 12.7 Å². The van der Waals surface area contributed by atoms with Gasteiger partial charge in [0.15, 0.2) is 0 Å². The van der Waals surface area contributed by atoms with Crippen LogP contribution in [0.15, 0.2) is 12.2 Å². The molecule has 2 nitrogen and oxygen atoms in total. The minimum Gasteiger partial charge on any atom is -0.318 e. The molecule has 0 spiro atoms. The molecule has 2 heteroatoms. The Balaban J connectivity index is 3.39. The van der Waals surface area contributed by atoms with Gasteiger partial charge in [0.2, 0.25) is 0 Å². The third-order valence-corrected chi connectivity index (χ3v) is 4.14. The predicted molar refractivity (Wildman–Crippen MR) is 96.3 cm³/mol. The number of unbranched alkanes of at least 4 members (excludes halogenated alkanes) is 6. The third-order valence-electron chi connectivity index (χ3n) is 4.14. The van der Waals surface area contributed by atoms with Crippen molar-refractivity contribution < 1.29 is 0 Å². The van der Waals surface area contributed by atoms with Crippen molar-refractivity contribution in [3.63, 3.8) is 0 Å². The first kappa shape index (κ1) is 20.7. The first-order valence-electron chi connectivity index (χ1n) is 9.16. The Morgan fingerprint density at radius 3 is 2.05 bits per heavy atom. The lowest BCUT2D eigenvalue weighted by molar-refractivity contribution is 0.407. The number of hydrogen-bond donors (Lipinski definition) is 2. The second-order valence-corrected chi connectivity index (χ2v) is 7.06. The van der Waals surface area contributed by atoms with Crippen molar-refractivity contribution in [3.8, 4) is 0 Å². The number of allylic oxidation sites excluding steroid dienone is 1. The second-order valence-electron chi connectivity index (χ2n) is 7.06. The predicted octanol–water partition coefficient (Wildman–Crippen LogP) is 5.24. The van der Waals surface area contributed by atoms with E-state index in [1.165, 1.54) is 51.4 Å². The van der Waals surface area contributed by atoms with Crippen LogP contribution in [0.2, 0.25) is 0 Å². The van der Waals surface area contributed by atoms with Gasteiger partial charge in [-0.3, -0.25) is 0 Å². The summed E-state index contributed by atoms with van der Waals surface area (Å²) in [5, 5.41) is 3.35. The molecule has 1 atom stereocenters. The average Bonchev–Trinajstić information content (AvgIpc) is 2.42. The zero-order valence-electron chi connectivity index (χ0n) is 15.0. The van der Waals surface area contributed by atoms with Crippen molar-refractivity contribution >= 4 is 0 Å². The Bertz CT molecular complexity index is 234. The molecule has 0 saturated heterocycles. The molecule has 0 radical (unpaired) electrons. The SMILES string of the molecule is CC(C)CCCCCCCC/C=C\CC(NCN)C(C)C. The van der Waals surface area contributed by atoms with E-state index in [-0.39, 0.29) is 0 Å². The van der Waals surface area contributed by atoms with Gasteiger partial charge in [0.25, 0.3) is 0 Å². The summed E-state index contributed by atoms with van der Waals surface area (Å²) >= 11 is 0. The quantitative estimate of drug-likeness (QED) is 0.261. The van der Waals surface area contributed by atoms with Crippen molar-refractivity contribution in [2.24, 2.45) is 17.6 Å². The fourth-order valence-corrected chi connectivity index (χ4v) is 2.63. The van der Waals surface area contributed by atoms with Crippen LogP contribution in [0.4, 0.5) is 0 Å². The highest BCUT2D eigenvalue weighted by molar-refractivity contribution is 4.87. The molecule has 21 heavy (non-hydrogen) atoms. The smallest absolute Gasteiger partial charge is 0.0431 e. The summed E-state index contributed by atoms with van der Waals surface area (Å²) in [5.41, 5.74) is 5.57. The maximum Gasteiger partial charge on any atom is 0.0431 e. The lowest BCUT2D eigenvalue weighted by Crippen LogP contribution is -2.37. The summed E-state index contributed by atoms with van der Waals surface area (Å²) in [4.78, 5) is 0. The normalized spacial score (nSPS) is 13.7. The van der Waals surface area contributed by atoms with Crippen LogP contribution in [0, 0.1) is 11.8 Å². The topological polar surface area (TPSA) is 38.0 Å². The minimum absolute atomic E-state index is 0.521. The third kappa shape index (κ3) is 14.4. The lowest BCUT2D eigenvalue weighted by atomic mass is 10.0. The molecule has 3 N–H and O–H groups in total. The maximum absolute atomic E-state index is 5.57. The Morgan fingerprint density at radius 2 is 1.48 bits per heavy atom. The van der Waals surface area contributed by atoms with Gasteiger partial charge in [-0.2, -0.15) is 0 Å². The fourth-order valence-electron chi connectivity index (χ4n) is 2.63. The van der Waals surface area contributed by atoms with Crippen molar-refractivity contribution in [2.45, 2.75) is 91.5 Å². The summed E-state index contributed by atoms with van der Waals surface area (Å²) in [6.07, 6.45) is 16.8. The molecule has 0 aliphatic rings. The molecule has 0 fully saturated rings. The molecule has 0 rings (SSSR count). The van der Waals surface area contributed by atoms with Crippen LogP contribution >= 0.6 is 0 Å². The van der Waals surface area contributed by atoms with Crippen molar-refractivity contribution in [1.82, 2.24) is 5.32 Å². The molecule has 0 aromatic heterocycles. The summed E-state index contributed by atoms with van der Waals surface area (Å²) in [6, 6.07) is 0.521. The molecule has 126 valence electrons. The van der Waals surface area contributed by atoms with Crippen molar-refractivity contribution in [3.05, 3.63) is 12.2 Å². The van der Waals surface area contributed by atoms with Gasteiger partial charge in [-0.15, -0.1) is 0 Å². The first-order valence-corrected chi connectivity index (χ1v) is 9.16. The average molecular weight is 297 g/mol. The molecule has 0 aliphatic carbocycles. The van der Waals surface area contributed by atoms with E-state index in [4.69, 9.17) is 5.73 Å². The summed E-state index contributed by atoms with van der Waals surface area (Å²) in [7, 11) is 0. The zero-order valence-corrected chi connectivity index (χ0v) is 15.0. The van der Waals surface area contributed by atoms with E-state index in [0.29, 0.717) is 18.6 Å². The summed E-state index contributed by atoms with van der Waals surface area (Å²) < 4.78 is 0. The monoisotopic (exact) mass is 296 g/mol. The van der Waals surface area contributed by atoms with E-state index in [0.717, 1.165) is 12.3 Å². The molecular weight excluding hydrogens is 256 g/mol. The minimum atomic E-state index is 0.521. The molecule has 0 amide bonds. The Labute approximate surface area is 134 Å². The number of hydrogen-bond acceptors (Lipinski definition) is 2. The van der Waals surface area contributed by atoms with Gasteiger partial charge in [-0.25, -0.2) is 0 Å². The molecule has 0 aromatic carbocycles. The van der Waals surface area contributed by atoms with Gasteiger partial charge in [0.05, 0.1) is 0 Å². The largest absolute Gasteiger partial charge is 0.318 e. The number of rotatable bonds is 14. The van der Waals surface area contributed by atoms with Crippen LogP contribution in [0.25, 0.3) is 0 Å². The standard InChI is InChI=1S/C19H40N2/c1-17(2)14-12-10-8-6-5-7-9-11-13-15-19(18(3)4)21-16-20/h11,13,17-19,21H,5-10,12,14-16,20H2,1-4H3/b13-11-. The molecule has 0 bridgehead atoms. The van der Waals surface area contributed by atoms with Gasteiger partial charge in [-0.05, 0) is 31.1 Å². The molecule has 0 aromatic rings. The zero-order chi connectivity index (χ0) is 15.9. The van der Waals surface area contributed by atoms with E-state index in [1.54, 1.807) is 0 Å². The number of nitrogens with one attached hydrogen (secondary N) is 1. The molecule has 0 heterocycles. The van der Waals surface area contributed by atoms with Crippen LogP contribution in [0.5, 0.6) is 0 Å². The molecule has 1 unspecified atom stereocenters. The van der Waals surface area contributed by atoms with Crippen LogP contribution < -0.4 is 11.1 Å². The van der Waals surface area contributed by atoms with E-state index in [1.807, 2.05) is 0 Å². The maximum atomic E-state index is 5.57. The molecule has 0 aliphatic heterocycles. The molecule has 0 saturated carbocycles. The summed E-state index contributed by atoms with van der Waals surface area (Å²) in [6.45, 7) is 9.72. The van der Waals surface area contributed by atoms with E-state index < -0.39 is 0 Å². The van der Waals surface area contributed by atoms with Crippen LogP contribution in [0.3, 0.4) is 0 Å². The Hall–Kier alpha value is -0.340. The lowest BCUT2D eigenvalue weighted by Gasteiger charge is -2.19. The Morgan fingerprint density at radius 1 is 0.857 bits per heavy atom. The highest BCUT2D eigenvalue weighted by atomic mass is 15.0. The fraction of sp³-hybridized carbons (Fsp3) is 0.895. The highest BCUT2D eigenvalue weighted by Gasteiger charge is 2.08. The van der Waals surface area contributed by atoms with Crippen molar-refractivity contribution in [1.29, 1.82) is 0 Å². The van der Waals surface area contributed by atoms with Crippen LogP contribution in [-0.2, 0) is 0 Å². The Kier molecular flexibility index (Phi) is 14.4. The number of nitrogens with two attached hydrogens (primary N) is 1. The van der Waals surface area contributed by atoms with Gasteiger partial charge in [-0.1, -0.05) is 78.4 Å². The highest BCUT2D eigenvalue weighted by Crippen LogP contribution is 2.12. The van der Waals surface area contributed by atoms with Gasteiger partial charge < -0.3 is 11.1 Å². The first-order chi connectivity index (χ1) is 10.1. The van der Waals surface area contributed by atoms with Gasteiger partial charge in [0.1, 0.15) is 0 Å². The van der Waals surface area contributed by atoms with E-state index >= 15 is 0 Å².